The number of carbonyl (C=O) groups excluding carboxylic acids is 1. The standard InChI is InChI=1S/C8H9N5OS/c9-5(15)8(1-2-8)6(14)12-7-10-3-4-11-13-7/h3-4H,1-2H2,(H2,9,15)(H,10,12,13,14). The summed E-state index contributed by atoms with van der Waals surface area (Å²) in [5, 5.41) is 9.77. The van der Waals surface area contributed by atoms with Gasteiger partial charge in [0.25, 0.3) is 0 Å². The fraction of sp³-hybridized carbons (Fsp3) is 0.375. The Bertz CT molecular complexity index is 403. The Morgan fingerprint density at radius 3 is 2.73 bits per heavy atom. The van der Waals surface area contributed by atoms with Crippen LogP contribution in [0.25, 0.3) is 0 Å². The highest BCUT2D eigenvalue weighted by Gasteiger charge is 2.52. The maximum Gasteiger partial charge on any atom is 0.249 e. The Morgan fingerprint density at radius 2 is 2.27 bits per heavy atom. The van der Waals surface area contributed by atoms with Crippen molar-refractivity contribution in [1.29, 1.82) is 0 Å². The van der Waals surface area contributed by atoms with Crippen molar-refractivity contribution >= 4 is 29.1 Å². The number of rotatable bonds is 3. The molecule has 1 aromatic heterocycles. The third kappa shape index (κ3) is 1.78. The van der Waals surface area contributed by atoms with Gasteiger partial charge in [-0.1, -0.05) is 12.2 Å². The first-order valence-electron chi connectivity index (χ1n) is 4.40. The summed E-state index contributed by atoms with van der Waals surface area (Å²) in [4.78, 5) is 15.8. The van der Waals surface area contributed by atoms with Gasteiger partial charge in [0.2, 0.25) is 11.9 Å². The second kappa shape index (κ2) is 3.50. The lowest BCUT2D eigenvalue weighted by Crippen LogP contribution is -2.35. The second-order valence-electron chi connectivity index (χ2n) is 3.37. The van der Waals surface area contributed by atoms with Crippen molar-refractivity contribution in [2.75, 3.05) is 5.32 Å². The van der Waals surface area contributed by atoms with Crippen LogP contribution in [0.4, 0.5) is 5.95 Å². The van der Waals surface area contributed by atoms with E-state index in [0.717, 1.165) is 0 Å². The highest BCUT2D eigenvalue weighted by molar-refractivity contribution is 7.80. The maximum atomic E-state index is 11.8. The monoisotopic (exact) mass is 223 g/mol. The molecule has 0 unspecified atom stereocenters. The molecule has 1 fully saturated rings. The van der Waals surface area contributed by atoms with Gasteiger partial charge < -0.3 is 5.73 Å². The van der Waals surface area contributed by atoms with Crippen LogP contribution in [-0.4, -0.2) is 26.1 Å². The summed E-state index contributed by atoms with van der Waals surface area (Å²) in [6.07, 6.45) is 4.25. The Balaban J connectivity index is 2.08. The van der Waals surface area contributed by atoms with E-state index in [-0.39, 0.29) is 16.8 Å². The van der Waals surface area contributed by atoms with Gasteiger partial charge in [0.1, 0.15) is 0 Å². The van der Waals surface area contributed by atoms with Gasteiger partial charge in [-0.15, -0.1) is 5.10 Å². The van der Waals surface area contributed by atoms with E-state index in [2.05, 4.69) is 20.5 Å². The van der Waals surface area contributed by atoms with Gasteiger partial charge in [0.15, 0.2) is 0 Å². The molecule has 6 nitrogen and oxygen atoms in total. The highest BCUT2D eigenvalue weighted by atomic mass is 32.1. The number of nitrogens with zero attached hydrogens (tertiary/aromatic N) is 3. The number of anilines is 1. The largest absolute Gasteiger partial charge is 0.392 e. The summed E-state index contributed by atoms with van der Waals surface area (Å²) in [5.74, 6) is -0.0759. The van der Waals surface area contributed by atoms with Gasteiger partial charge in [0.05, 0.1) is 22.8 Å². The van der Waals surface area contributed by atoms with Crippen LogP contribution in [0.3, 0.4) is 0 Å². The van der Waals surface area contributed by atoms with Crippen molar-refractivity contribution in [2.24, 2.45) is 11.1 Å². The number of thiocarbonyl (C=S) groups is 1. The minimum atomic E-state index is -0.686. The van der Waals surface area contributed by atoms with Gasteiger partial charge in [-0.2, -0.15) is 5.10 Å². The molecule has 2 rings (SSSR count). The molecule has 1 aliphatic rings. The molecular formula is C8H9N5OS. The molecule has 1 aromatic rings. The lowest BCUT2D eigenvalue weighted by molar-refractivity contribution is -0.119. The van der Waals surface area contributed by atoms with Gasteiger partial charge in [-0.25, -0.2) is 4.98 Å². The maximum absolute atomic E-state index is 11.8. The zero-order valence-electron chi connectivity index (χ0n) is 7.80. The van der Waals surface area contributed by atoms with Crippen molar-refractivity contribution in [3.05, 3.63) is 12.4 Å². The minimum absolute atomic E-state index is 0.171. The molecule has 1 amide bonds. The average molecular weight is 223 g/mol. The Morgan fingerprint density at radius 1 is 1.53 bits per heavy atom. The van der Waals surface area contributed by atoms with Crippen LogP contribution in [-0.2, 0) is 4.79 Å². The van der Waals surface area contributed by atoms with E-state index >= 15 is 0 Å². The predicted octanol–water partition coefficient (Wildman–Crippen LogP) is -0.124. The van der Waals surface area contributed by atoms with Crippen molar-refractivity contribution in [3.63, 3.8) is 0 Å². The van der Waals surface area contributed by atoms with Crippen LogP contribution in [0, 0.1) is 5.41 Å². The smallest absolute Gasteiger partial charge is 0.249 e. The van der Waals surface area contributed by atoms with Crippen LogP contribution >= 0.6 is 12.2 Å². The van der Waals surface area contributed by atoms with E-state index in [0.29, 0.717) is 12.8 Å². The topological polar surface area (TPSA) is 93.8 Å². The first kappa shape index (κ1) is 9.91. The SMILES string of the molecule is NC(=S)C1(C(=O)Nc2nccnn2)CC1. The fourth-order valence-corrected chi connectivity index (χ4v) is 1.53. The van der Waals surface area contributed by atoms with Gasteiger partial charge >= 0.3 is 0 Å². The molecule has 0 radical (unpaired) electrons. The first-order valence-corrected chi connectivity index (χ1v) is 4.81. The molecule has 15 heavy (non-hydrogen) atoms. The van der Waals surface area contributed by atoms with Crippen LogP contribution < -0.4 is 11.1 Å². The van der Waals surface area contributed by atoms with Crippen LogP contribution in [0.2, 0.25) is 0 Å². The van der Waals surface area contributed by atoms with Crippen LogP contribution in [0.1, 0.15) is 12.8 Å². The van der Waals surface area contributed by atoms with E-state index in [1.54, 1.807) is 0 Å². The minimum Gasteiger partial charge on any atom is -0.392 e. The molecule has 1 heterocycles. The highest BCUT2D eigenvalue weighted by Crippen LogP contribution is 2.46. The third-order valence-electron chi connectivity index (χ3n) is 2.36. The quantitative estimate of drug-likeness (QED) is 0.694. The van der Waals surface area contributed by atoms with Gasteiger partial charge in [0, 0.05) is 0 Å². The zero-order valence-corrected chi connectivity index (χ0v) is 8.62. The molecular weight excluding hydrogens is 214 g/mol. The number of hydrogen-bond donors (Lipinski definition) is 2. The zero-order chi connectivity index (χ0) is 10.9. The molecule has 78 valence electrons. The van der Waals surface area contributed by atoms with E-state index in [9.17, 15) is 4.79 Å². The number of hydrogen-bond acceptors (Lipinski definition) is 5. The molecule has 7 heteroatoms. The first-order chi connectivity index (χ1) is 7.15. The Labute approximate surface area is 91.3 Å². The Kier molecular flexibility index (Phi) is 2.31. The van der Waals surface area contributed by atoms with Crippen molar-refractivity contribution in [3.8, 4) is 0 Å². The summed E-state index contributed by atoms with van der Waals surface area (Å²) in [6.45, 7) is 0. The Hall–Kier alpha value is -1.63. The summed E-state index contributed by atoms with van der Waals surface area (Å²) >= 11 is 4.85. The van der Waals surface area contributed by atoms with Gasteiger partial charge in [-0.05, 0) is 12.8 Å². The number of amides is 1. The fourth-order valence-electron chi connectivity index (χ4n) is 1.24. The van der Waals surface area contributed by atoms with Crippen molar-refractivity contribution < 1.29 is 4.79 Å². The number of carbonyl (C=O) groups is 1. The van der Waals surface area contributed by atoms with Crippen LogP contribution in [0.5, 0.6) is 0 Å². The van der Waals surface area contributed by atoms with E-state index in [1.165, 1.54) is 12.4 Å². The van der Waals surface area contributed by atoms with E-state index in [4.69, 9.17) is 18.0 Å². The van der Waals surface area contributed by atoms with E-state index < -0.39 is 5.41 Å². The molecule has 0 bridgehead atoms. The van der Waals surface area contributed by atoms with Crippen LogP contribution in [0.15, 0.2) is 12.4 Å². The molecule has 0 aromatic carbocycles. The summed E-state index contributed by atoms with van der Waals surface area (Å²) in [7, 11) is 0. The van der Waals surface area contributed by atoms with Gasteiger partial charge in [-0.3, -0.25) is 10.1 Å². The molecule has 1 aliphatic carbocycles. The number of nitrogens with two attached hydrogens (primary N) is 1. The predicted molar refractivity (Wildman–Crippen MR) is 56.9 cm³/mol. The van der Waals surface area contributed by atoms with E-state index in [1.807, 2.05) is 0 Å². The number of nitrogens with one attached hydrogen (secondary N) is 1. The molecule has 0 spiro atoms. The normalized spacial score (nSPS) is 16.8. The third-order valence-corrected chi connectivity index (χ3v) is 2.75. The lowest BCUT2D eigenvalue weighted by Gasteiger charge is -2.11. The number of aromatic nitrogens is 3. The van der Waals surface area contributed by atoms with Crippen molar-refractivity contribution in [1.82, 2.24) is 15.2 Å². The van der Waals surface area contributed by atoms with Crippen molar-refractivity contribution in [2.45, 2.75) is 12.8 Å². The molecule has 0 aliphatic heterocycles. The molecule has 0 saturated heterocycles. The lowest BCUT2D eigenvalue weighted by atomic mass is 10.1. The average Bonchev–Trinajstić information content (AvgIpc) is 2.99. The second-order valence-corrected chi connectivity index (χ2v) is 3.81. The summed E-state index contributed by atoms with van der Waals surface area (Å²) in [6, 6.07) is 0. The molecule has 3 N–H and O–H groups in total. The summed E-state index contributed by atoms with van der Waals surface area (Å²) in [5.41, 5.74) is 4.82. The molecule has 0 atom stereocenters. The summed E-state index contributed by atoms with van der Waals surface area (Å²) < 4.78 is 0. The molecule has 1 saturated carbocycles.